The molecule has 2 saturated heterocycles. The van der Waals surface area contributed by atoms with Crippen LogP contribution in [0.4, 0.5) is 0 Å². The summed E-state index contributed by atoms with van der Waals surface area (Å²) < 4.78 is 0. The number of hydrogen-bond acceptors (Lipinski definition) is 9. The Morgan fingerprint density at radius 3 is 2.97 bits per heavy atom. The summed E-state index contributed by atoms with van der Waals surface area (Å²) in [5.41, 5.74) is 0. The second-order valence-electron chi connectivity index (χ2n) is 7.57. The lowest BCUT2D eigenvalue weighted by molar-refractivity contribution is -0.124. The lowest BCUT2D eigenvalue weighted by Gasteiger charge is -2.40. The normalized spacial score (nSPS) is 31.4. The average molecular weight is 423 g/mol. The van der Waals surface area contributed by atoms with Crippen LogP contribution in [0.15, 0.2) is 16.1 Å². The van der Waals surface area contributed by atoms with Crippen LogP contribution in [0.1, 0.15) is 19.3 Å². The molecule has 6 N–H and O–H groups in total. The number of aliphatic imine (C=N–C) groups is 1. The number of amides is 2. The number of thioether (sulfide) groups is 1. The second-order valence-corrected chi connectivity index (χ2v) is 8.71. The van der Waals surface area contributed by atoms with E-state index in [-0.39, 0.29) is 36.2 Å². The smallest absolute Gasteiger partial charge is 0.259 e. The highest BCUT2D eigenvalue weighted by Crippen LogP contribution is 2.25. The summed E-state index contributed by atoms with van der Waals surface area (Å²) in [6.45, 7) is 3.34. The van der Waals surface area contributed by atoms with Gasteiger partial charge in [0.2, 0.25) is 5.91 Å². The van der Waals surface area contributed by atoms with E-state index in [1.54, 1.807) is 18.1 Å². The number of hydrogen-bond donors (Lipinski definition) is 6. The fraction of sp³-hybridized carbons (Fsp3) is 0.722. The first-order chi connectivity index (χ1) is 14.2. The molecule has 11 heteroatoms. The molecule has 0 aromatic rings. The van der Waals surface area contributed by atoms with E-state index in [0.717, 1.165) is 44.8 Å². The van der Waals surface area contributed by atoms with Crippen molar-refractivity contribution in [1.82, 2.24) is 36.8 Å². The first-order valence-corrected chi connectivity index (χ1v) is 11.3. The van der Waals surface area contributed by atoms with E-state index in [9.17, 15) is 9.59 Å². The summed E-state index contributed by atoms with van der Waals surface area (Å²) in [5, 5.41) is 19.1. The Labute approximate surface area is 175 Å². The topological polar surface area (TPSA) is 122 Å². The van der Waals surface area contributed by atoms with Crippen molar-refractivity contribution in [3.05, 3.63) is 11.1 Å². The molecule has 0 aromatic heterocycles. The van der Waals surface area contributed by atoms with Crippen molar-refractivity contribution < 1.29 is 9.59 Å². The molecule has 0 radical (unpaired) electrons. The van der Waals surface area contributed by atoms with Gasteiger partial charge in [0, 0.05) is 38.3 Å². The monoisotopic (exact) mass is 422 g/mol. The highest BCUT2D eigenvalue weighted by molar-refractivity contribution is 8.04. The second kappa shape index (κ2) is 9.79. The highest BCUT2D eigenvalue weighted by Gasteiger charge is 2.38. The third kappa shape index (κ3) is 5.03. The Balaban J connectivity index is 1.24. The van der Waals surface area contributed by atoms with Crippen LogP contribution in [0.2, 0.25) is 0 Å². The predicted octanol–water partition coefficient (Wildman–Crippen LogP) is -1.95. The lowest BCUT2D eigenvalue weighted by Crippen LogP contribution is -2.60. The molecule has 0 aromatic carbocycles. The van der Waals surface area contributed by atoms with E-state index >= 15 is 0 Å². The van der Waals surface area contributed by atoms with Crippen LogP contribution in [0.3, 0.4) is 0 Å². The summed E-state index contributed by atoms with van der Waals surface area (Å²) >= 11 is 1.56. The average Bonchev–Trinajstić information content (AvgIpc) is 3.26. The van der Waals surface area contributed by atoms with E-state index in [2.05, 4.69) is 41.8 Å². The number of piperidine rings is 1. The standard InChI is InChI=1S/C18H30N8O2S/c27-17(12-3-1-2-4-19-12)20-5-6-21-18(28)13-9-26(7-8-29-13)16-14-15(23-10-22-14)24-11-25-16/h9,11-12,14-16,19,22-23H,1-8,10H2,(H,20,27)(H,21,28)(H,24,25). The number of carbonyl (C=O) groups excluding carboxylic acids is 2. The van der Waals surface area contributed by atoms with Crippen LogP contribution in [0.5, 0.6) is 0 Å². The molecule has 4 atom stereocenters. The van der Waals surface area contributed by atoms with E-state index in [1.165, 1.54) is 0 Å². The summed E-state index contributed by atoms with van der Waals surface area (Å²) in [7, 11) is 0. The number of fused-ring (bicyclic) bond motifs is 1. The Bertz CT molecular complexity index is 666. The fourth-order valence-corrected chi connectivity index (χ4v) is 4.99. The summed E-state index contributed by atoms with van der Waals surface area (Å²) in [6.07, 6.45) is 6.87. The van der Waals surface area contributed by atoms with Gasteiger partial charge in [0.15, 0.2) is 0 Å². The minimum absolute atomic E-state index is 0.0219. The van der Waals surface area contributed by atoms with Crippen LogP contribution in [-0.2, 0) is 9.59 Å². The van der Waals surface area contributed by atoms with Crippen molar-refractivity contribution in [3.8, 4) is 0 Å². The Hall–Kier alpha value is -1.82. The van der Waals surface area contributed by atoms with Crippen molar-refractivity contribution in [2.45, 2.75) is 43.7 Å². The summed E-state index contributed by atoms with van der Waals surface area (Å²) in [5.74, 6) is 0.778. The maximum Gasteiger partial charge on any atom is 0.259 e. The Morgan fingerprint density at radius 2 is 2.10 bits per heavy atom. The van der Waals surface area contributed by atoms with Crippen molar-refractivity contribution >= 4 is 29.9 Å². The molecular weight excluding hydrogens is 392 g/mol. The van der Waals surface area contributed by atoms with Crippen molar-refractivity contribution in [2.24, 2.45) is 4.99 Å². The molecule has 0 saturated carbocycles. The van der Waals surface area contributed by atoms with Gasteiger partial charge in [-0.15, -0.1) is 11.8 Å². The molecule has 0 bridgehead atoms. The van der Waals surface area contributed by atoms with Crippen molar-refractivity contribution in [3.63, 3.8) is 0 Å². The highest BCUT2D eigenvalue weighted by atomic mass is 32.2. The molecule has 2 amide bonds. The molecule has 29 heavy (non-hydrogen) atoms. The fourth-order valence-electron chi connectivity index (χ4n) is 4.06. The third-order valence-corrected chi connectivity index (χ3v) is 6.61. The molecule has 4 aliphatic heterocycles. The van der Waals surface area contributed by atoms with Gasteiger partial charge in [-0.2, -0.15) is 0 Å². The number of nitrogens with zero attached hydrogens (tertiary/aromatic N) is 2. The summed E-state index contributed by atoms with van der Waals surface area (Å²) in [4.78, 5) is 32.0. The van der Waals surface area contributed by atoms with Crippen LogP contribution in [0, 0.1) is 0 Å². The maximum absolute atomic E-state index is 12.6. The molecular formula is C18H30N8O2S. The van der Waals surface area contributed by atoms with E-state index in [0.29, 0.717) is 18.0 Å². The Kier molecular flexibility index (Phi) is 6.90. The van der Waals surface area contributed by atoms with E-state index in [4.69, 9.17) is 0 Å². The molecule has 4 heterocycles. The van der Waals surface area contributed by atoms with Crippen molar-refractivity contribution in [1.29, 1.82) is 0 Å². The predicted molar refractivity (Wildman–Crippen MR) is 113 cm³/mol. The van der Waals surface area contributed by atoms with Gasteiger partial charge in [-0.05, 0) is 19.4 Å². The zero-order valence-corrected chi connectivity index (χ0v) is 17.3. The molecule has 4 rings (SSSR count). The van der Waals surface area contributed by atoms with E-state index < -0.39 is 0 Å². The zero-order valence-electron chi connectivity index (χ0n) is 16.4. The number of rotatable bonds is 6. The first kappa shape index (κ1) is 20.5. The first-order valence-electron chi connectivity index (χ1n) is 10.4. The number of carbonyl (C=O) groups is 2. The number of nitrogens with one attached hydrogen (secondary N) is 6. The zero-order chi connectivity index (χ0) is 20.1. The van der Waals surface area contributed by atoms with Gasteiger partial charge in [-0.25, -0.2) is 0 Å². The van der Waals surface area contributed by atoms with Gasteiger partial charge < -0.3 is 26.2 Å². The third-order valence-electron chi connectivity index (χ3n) is 5.62. The van der Waals surface area contributed by atoms with Crippen LogP contribution < -0.4 is 31.9 Å². The minimum atomic E-state index is -0.0985. The summed E-state index contributed by atoms with van der Waals surface area (Å²) in [6, 6.07) is 0.0610. The molecule has 0 spiro atoms. The quantitative estimate of drug-likeness (QED) is 0.273. The van der Waals surface area contributed by atoms with Gasteiger partial charge in [-0.3, -0.25) is 25.2 Å². The molecule has 4 unspecified atom stereocenters. The van der Waals surface area contributed by atoms with Gasteiger partial charge >= 0.3 is 0 Å². The molecule has 4 aliphatic rings. The maximum atomic E-state index is 12.6. The Morgan fingerprint density at radius 1 is 1.21 bits per heavy atom. The van der Waals surface area contributed by atoms with Gasteiger partial charge in [0.05, 0.1) is 23.3 Å². The van der Waals surface area contributed by atoms with Gasteiger partial charge in [0.1, 0.15) is 12.3 Å². The lowest BCUT2D eigenvalue weighted by atomic mass is 10.0. The largest absolute Gasteiger partial charge is 0.355 e. The van der Waals surface area contributed by atoms with Crippen molar-refractivity contribution in [2.75, 3.05) is 38.6 Å². The van der Waals surface area contributed by atoms with Crippen LogP contribution in [0.25, 0.3) is 0 Å². The minimum Gasteiger partial charge on any atom is -0.355 e. The van der Waals surface area contributed by atoms with Crippen LogP contribution in [-0.4, -0.2) is 86.1 Å². The molecule has 2 fully saturated rings. The van der Waals surface area contributed by atoms with Gasteiger partial charge in [-0.1, -0.05) is 6.42 Å². The molecule has 0 aliphatic carbocycles. The van der Waals surface area contributed by atoms with E-state index in [1.807, 2.05) is 6.20 Å². The molecule has 160 valence electrons. The van der Waals surface area contributed by atoms with Crippen LogP contribution >= 0.6 is 11.8 Å². The van der Waals surface area contributed by atoms with Gasteiger partial charge in [0.25, 0.3) is 5.91 Å². The SMILES string of the molecule is O=C(NCCNC(=O)C1CCCCN1)C1=CN(C2NC=NC3NCNC32)CCS1. The molecule has 10 nitrogen and oxygen atoms in total.